The summed E-state index contributed by atoms with van der Waals surface area (Å²) >= 11 is 0. The highest BCUT2D eigenvalue weighted by molar-refractivity contribution is 5.53. The molecule has 1 aliphatic rings. The summed E-state index contributed by atoms with van der Waals surface area (Å²) in [5, 5.41) is 0. The zero-order chi connectivity index (χ0) is 9.10. The lowest BCUT2D eigenvalue weighted by atomic mass is 10.1. The van der Waals surface area contributed by atoms with Crippen LogP contribution in [0.1, 0.15) is 25.0 Å². The van der Waals surface area contributed by atoms with Crippen molar-refractivity contribution in [3.05, 3.63) is 35.9 Å². The normalized spacial score (nSPS) is 21.0. The molecule has 1 unspecified atom stereocenters. The highest BCUT2D eigenvalue weighted by atomic mass is 16.7. The molecule has 2 nitrogen and oxygen atoms in total. The fourth-order valence-corrected chi connectivity index (χ4v) is 1.53. The predicted molar refractivity (Wildman–Crippen MR) is 51.8 cm³/mol. The molecule has 0 fully saturated rings. The van der Waals surface area contributed by atoms with Gasteiger partial charge in [0, 0.05) is 5.56 Å². The summed E-state index contributed by atoms with van der Waals surface area (Å²) in [6.07, 6.45) is 3.32. The standard InChI is InChI=1S/C11H14NO/c1-2-12-9-8-11(13-12)10-6-4-3-5-7-10/h3-7,9,11H,2,8H2,1H3/q+1. The van der Waals surface area contributed by atoms with Crippen LogP contribution in [0.25, 0.3) is 0 Å². The van der Waals surface area contributed by atoms with Gasteiger partial charge in [0.2, 0.25) is 6.10 Å². The van der Waals surface area contributed by atoms with E-state index in [1.807, 2.05) is 22.9 Å². The quantitative estimate of drug-likeness (QED) is 0.629. The van der Waals surface area contributed by atoms with E-state index in [0.717, 1.165) is 13.0 Å². The summed E-state index contributed by atoms with van der Waals surface area (Å²) in [6, 6.07) is 10.3. The van der Waals surface area contributed by atoms with Gasteiger partial charge in [0.25, 0.3) is 0 Å². The molecule has 0 saturated heterocycles. The van der Waals surface area contributed by atoms with E-state index in [0.29, 0.717) is 0 Å². The molecule has 1 aliphatic heterocycles. The van der Waals surface area contributed by atoms with Crippen molar-refractivity contribution in [1.29, 1.82) is 0 Å². The molecule has 68 valence electrons. The Morgan fingerprint density at radius 3 is 2.77 bits per heavy atom. The number of rotatable bonds is 2. The largest absolute Gasteiger partial charge is 0.269 e. The van der Waals surface area contributed by atoms with Crippen molar-refractivity contribution in [2.45, 2.75) is 19.4 Å². The Kier molecular flexibility index (Phi) is 2.30. The summed E-state index contributed by atoms with van der Waals surface area (Å²) in [7, 11) is 0. The Balaban J connectivity index is 2.07. The minimum atomic E-state index is 0.223. The predicted octanol–water partition coefficient (Wildman–Crippen LogP) is 2.17. The van der Waals surface area contributed by atoms with Gasteiger partial charge in [-0.05, 0) is 11.7 Å². The summed E-state index contributed by atoms with van der Waals surface area (Å²) in [4.78, 5) is 5.67. The molecule has 1 heterocycles. The second-order valence-corrected chi connectivity index (χ2v) is 3.16. The van der Waals surface area contributed by atoms with Crippen LogP contribution in [0.3, 0.4) is 0 Å². The number of hydrogen-bond acceptors (Lipinski definition) is 1. The summed E-state index contributed by atoms with van der Waals surface area (Å²) in [5.41, 5.74) is 1.26. The second kappa shape index (κ2) is 3.60. The zero-order valence-corrected chi connectivity index (χ0v) is 7.81. The van der Waals surface area contributed by atoms with Gasteiger partial charge in [0.05, 0.1) is 6.42 Å². The van der Waals surface area contributed by atoms with Crippen LogP contribution < -0.4 is 0 Å². The second-order valence-electron chi connectivity index (χ2n) is 3.16. The van der Waals surface area contributed by atoms with Crippen LogP contribution in [0, 0.1) is 0 Å². The van der Waals surface area contributed by atoms with Gasteiger partial charge < -0.3 is 0 Å². The van der Waals surface area contributed by atoms with Crippen LogP contribution in [-0.2, 0) is 4.84 Å². The third-order valence-electron chi connectivity index (χ3n) is 2.27. The molecule has 1 atom stereocenters. The monoisotopic (exact) mass is 176 g/mol. The molecule has 1 aromatic rings. The fourth-order valence-electron chi connectivity index (χ4n) is 1.53. The van der Waals surface area contributed by atoms with Crippen LogP contribution in [-0.4, -0.2) is 17.5 Å². The van der Waals surface area contributed by atoms with Crippen LogP contribution >= 0.6 is 0 Å². The highest BCUT2D eigenvalue weighted by Crippen LogP contribution is 2.23. The van der Waals surface area contributed by atoms with Gasteiger partial charge in [-0.1, -0.05) is 30.3 Å². The molecule has 2 rings (SSSR count). The van der Waals surface area contributed by atoms with Crippen molar-refractivity contribution in [3.63, 3.8) is 0 Å². The van der Waals surface area contributed by atoms with E-state index in [1.165, 1.54) is 5.56 Å². The summed E-state index contributed by atoms with van der Waals surface area (Å²) < 4.78 is 1.90. The lowest BCUT2D eigenvalue weighted by molar-refractivity contribution is -0.783. The van der Waals surface area contributed by atoms with E-state index < -0.39 is 0 Å². The molecule has 0 saturated carbocycles. The topological polar surface area (TPSA) is 12.2 Å². The van der Waals surface area contributed by atoms with E-state index in [4.69, 9.17) is 4.84 Å². The van der Waals surface area contributed by atoms with Gasteiger partial charge in [-0.15, -0.1) is 0 Å². The lowest BCUT2D eigenvalue weighted by Crippen LogP contribution is -2.07. The first-order valence-corrected chi connectivity index (χ1v) is 4.72. The van der Waals surface area contributed by atoms with Crippen LogP contribution in [0.4, 0.5) is 0 Å². The van der Waals surface area contributed by atoms with Gasteiger partial charge in [-0.25, -0.2) is 0 Å². The van der Waals surface area contributed by atoms with Gasteiger partial charge in [-0.3, -0.25) is 4.84 Å². The molecule has 0 spiro atoms. The molecule has 0 amide bonds. The number of benzene rings is 1. The molecule has 0 aliphatic carbocycles. The molecule has 0 bridgehead atoms. The van der Waals surface area contributed by atoms with Gasteiger partial charge >= 0.3 is 0 Å². The van der Waals surface area contributed by atoms with Crippen LogP contribution in [0.2, 0.25) is 0 Å². The van der Waals surface area contributed by atoms with Crippen molar-refractivity contribution in [2.24, 2.45) is 0 Å². The molecule has 2 heteroatoms. The van der Waals surface area contributed by atoms with Gasteiger partial charge in [0.15, 0.2) is 12.8 Å². The van der Waals surface area contributed by atoms with E-state index in [1.54, 1.807) is 0 Å². The van der Waals surface area contributed by atoms with E-state index >= 15 is 0 Å². The Hall–Kier alpha value is -1.31. The van der Waals surface area contributed by atoms with Crippen molar-refractivity contribution in [2.75, 3.05) is 6.54 Å². The average Bonchev–Trinajstić information content (AvgIpc) is 2.67. The molecule has 0 radical (unpaired) electrons. The minimum Gasteiger partial charge on any atom is -0.269 e. The molecular formula is C11H14NO+. The first-order valence-electron chi connectivity index (χ1n) is 4.72. The maximum absolute atomic E-state index is 5.67. The molecule has 13 heavy (non-hydrogen) atoms. The maximum Gasteiger partial charge on any atom is 0.204 e. The number of hydroxylamine groups is 1. The van der Waals surface area contributed by atoms with Gasteiger partial charge in [-0.2, -0.15) is 0 Å². The third kappa shape index (κ3) is 1.72. The Morgan fingerprint density at radius 2 is 2.15 bits per heavy atom. The van der Waals surface area contributed by atoms with E-state index in [2.05, 4.69) is 25.3 Å². The van der Waals surface area contributed by atoms with Crippen LogP contribution in [0.5, 0.6) is 0 Å². The fraction of sp³-hybridized carbons (Fsp3) is 0.364. The summed E-state index contributed by atoms with van der Waals surface area (Å²) in [5.74, 6) is 0. The van der Waals surface area contributed by atoms with Crippen molar-refractivity contribution in [1.82, 2.24) is 0 Å². The van der Waals surface area contributed by atoms with E-state index in [-0.39, 0.29) is 6.10 Å². The Bertz CT molecular complexity index is 305. The molecular weight excluding hydrogens is 162 g/mol. The molecule has 0 N–H and O–H groups in total. The molecule has 0 aromatic heterocycles. The zero-order valence-electron chi connectivity index (χ0n) is 7.81. The van der Waals surface area contributed by atoms with E-state index in [9.17, 15) is 0 Å². The van der Waals surface area contributed by atoms with Crippen molar-refractivity contribution < 1.29 is 9.58 Å². The van der Waals surface area contributed by atoms with Crippen LogP contribution in [0.15, 0.2) is 30.3 Å². The highest BCUT2D eigenvalue weighted by Gasteiger charge is 2.25. The first kappa shape index (κ1) is 8.30. The molecule has 1 aromatic carbocycles. The Labute approximate surface area is 78.4 Å². The smallest absolute Gasteiger partial charge is 0.204 e. The lowest BCUT2D eigenvalue weighted by Gasteiger charge is -2.05. The first-order chi connectivity index (χ1) is 6.40. The number of hydrogen-bond donors (Lipinski definition) is 0. The number of nitrogens with zero attached hydrogens (tertiary/aromatic N) is 1. The van der Waals surface area contributed by atoms with Crippen molar-refractivity contribution >= 4 is 6.21 Å². The summed E-state index contributed by atoms with van der Waals surface area (Å²) in [6.45, 7) is 3.01. The maximum atomic E-state index is 5.67. The average molecular weight is 176 g/mol. The third-order valence-corrected chi connectivity index (χ3v) is 2.27. The SMILES string of the molecule is CC[N+]1=CCC(c2ccccc2)O1. The minimum absolute atomic E-state index is 0.223. The Morgan fingerprint density at radius 1 is 1.38 bits per heavy atom. The van der Waals surface area contributed by atoms with Crippen molar-refractivity contribution in [3.8, 4) is 0 Å². The van der Waals surface area contributed by atoms with Gasteiger partial charge in [0.1, 0.15) is 0 Å².